The van der Waals surface area contributed by atoms with Crippen molar-refractivity contribution in [3.8, 4) is 11.5 Å². The van der Waals surface area contributed by atoms with Gasteiger partial charge in [-0.25, -0.2) is 0 Å². The van der Waals surface area contributed by atoms with Gasteiger partial charge in [0.05, 0.1) is 13.2 Å². The van der Waals surface area contributed by atoms with Crippen LogP contribution in [0.1, 0.15) is 32.3 Å². The quantitative estimate of drug-likeness (QED) is 0.731. The molecular weight excluding hydrogens is 268 g/mol. The summed E-state index contributed by atoms with van der Waals surface area (Å²) < 4.78 is 11.2. The Morgan fingerprint density at radius 3 is 2.44 bits per heavy atom. The maximum absolute atomic E-state index is 5.97. The lowest BCUT2D eigenvalue weighted by Crippen LogP contribution is -2.14. The van der Waals surface area contributed by atoms with Gasteiger partial charge in [-0.3, -0.25) is 0 Å². The van der Waals surface area contributed by atoms with Crippen molar-refractivity contribution in [2.45, 2.75) is 38.1 Å². The van der Waals surface area contributed by atoms with Crippen LogP contribution in [0.15, 0.2) is 18.2 Å². The standard InChI is InChI=1S/C13H19BrO2/c1-4-11(5-2)16-13-8-12(15-3)7-6-10(13)9-14/h6-8,11H,4-5,9H2,1-3H3. The molecule has 2 nitrogen and oxygen atoms in total. The minimum atomic E-state index is 0.282. The molecule has 3 heteroatoms. The van der Waals surface area contributed by atoms with Gasteiger partial charge in [-0.15, -0.1) is 0 Å². The summed E-state index contributed by atoms with van der Waals surface area (Å²) in [4.78, 5) is 0. The molecule has 16 heavy (non-hydrogen) atoms. The van der Waals surface area contributed by atoms with Crippen LogP contribution < -0.4 is 9.47 Å². The minimum Gasteiger partial charge on any atom is -0.497 e. The highest BCUT2D eigenvalue weighted by molar-refractivity contribution is 9.08. The van der Waals surface area contributed by atoms with Gasteiger partial charge >= 0.3 is 0 Å². The molecule has 0 fully saturated rings. The van der Waals surface area contributed by atoms with Crippen molar-refractivity contribution in [3.05, 3.63) is 23.8 Å². The zero-order valence-corrected chi connectivity index (χ0v) is 11.7. The van der Waals surface area contributed by atoms with Crippen LogP contribution in [0.4, 0.5) is 0 Å². The summed E-state index contributed by atoms with van der Waals surface area (Å²) in [6.07, 6.45) is 2.33. The number of methoxy groups -OCH3 is 1. The van der Waals surface area contributed by atoms with Crippen LogP contribution in [-0.4, -0.2) is 13.2 Å². The predicted molar refractivity (Wildman–Crippen MR) is 70.6 cm³/mol. The third-order valence-corrected chi connectivity index (χ3v) is 3.23. The topological polar surface area (TPSA) is 18.5 Å². The molecule has 0 bridgehead atoms. The molecule has 1 aromatic rings. The van der Waals surface area contributed by atoms with Gasteiger partial charge < -0.3 is 9.47 Å². The SMILES string of the molecule is CCC(CC)Oc1cc(OC)ccc1CBr. The first-order valence-corrected chi connectivity index (χ1v) is 6.76. The monoisotopic (exact) mass is 286 g/mol. The van der Waals surface area contributed by atoms with E-state index in [2.05, 4.69) is 29.8 Å². The Morgan fingerprint density at radius 1 is 1.25 bits per heavy atom. The van der Waals surface area contributed by atoms with E-state index in [1.807, 2.05) is 18.2 Å². The summed E-state index contributed by atoms with van der Waals surface area (Å²) in [6.45, 7) is 4.28. The molecule has 90 valence electrons. The molecule has 0 atom stereocenters. The Hall–Kier alpha value is -0.700. The molecule has 0 aliphatic heterocycles. The largest absolute Gasteiger partial charge is 0.497 e. The Labute approximate surface area is 106 Å². The lowest BCUT2D eigenvalue weighted by atomic mass is 10.2. The van der Waals surface area contributed by atoms with Crippen LogP contribution in [0.25, 0.3) is 0 Å². The van der Waals surface area contributed by atoms with Gasteiger partial charge in [0.25, 0.3) is 0 Å². The fourth-order valence-corrected chi connectivity index (χ4v) is 1.98. The maximum Gasteiger partial charge on any atom is 0.127 e. The van der Waals surface area contributed by atoms with Gasteiger partial charge in [0.15, 0.2) is 0 Å². The smallest absolute Gasteiger partial charge is 0.127 e. The summed E-state index contributed by atoms with van der Waals surface area (Å²) in [7, 11) is 1.67. The van der Waals surface area contributed by atoms with Gasteiger partial charge in [-0.05, 0) is 18.9 Å². The highest BCUT2D eigenvalue weighted by Crippen LogP contribution is 2.28. The molecule has 0 aromatic heterocycles. The van der Waals surface area contributed by atoms with E-state index in [0.29, 0.717) is 0 Å². The van der Waals surface area contributed by atoms with Crippen LogP contribution in [0, 0.1) is 0 Å². The van der Waals surface area contributed by atoms with E-state index in [9.17, 15) is 0 Å². The average molecular weight is 287 g/mol. The Balaban J connectivity index is 2.90. The fraction of sp³-hybridized carbons (Fsp3) is 0.538. The second-order valence-corrected chi connectivity index (χ2v) is 4.22. The van der Waals surface area contributed by atoms with E-state index in [1.165, 1.54) is 0 Å². The third-order valence-electron chi connectivity index (χ3n) is 2.62. The summed E-state index contributed by atoms with van der Waals surface area (Å²) in [6, 6.07) is 5.94. The first-order chi connectivity index (χ1) is 7.74. The third kappa shape index (κ3) is 3.41. The van der Waals surface area contributed by atoms with Gasteiger partial charge in [-0.2, -0.15) is 0 Å². The Kier molecular flexibility index (Phi) is 5.67. The molecule has 0 saturated carbocycles. The van der Waals surface area contributed by atoms with Crippen molar-refractivity contribution in [1.29, 1.82) is 0 Å². The molecule has 0 amide bonds. The zero-order valence-electron chi connectivity index (χ0n) is 10.1. The number of alkyl halides is 1. The van der Waals surface area contributed by atoms with E-state index < -0.39 is 0 Å². The van der Waals surface area contributed by atoms with Crippen LogP contribution in [0.5, 0.6) is 11.5 Å². The number of hydrogen-bond acceptors (Lipinski definition) is 2. The first kappa shape index (κ1) is 13.4. The lowest BCUT2D eigenvalue weighted by molar-refractivity contribution is 0.191. The van der Waals surface area contributed by atoms with Crippen molar-refractivity contribution in [2.75, 3.05) is 7.11 Å². The number of benzene rings is 1. The van der Waals surface area contributed by atoms with Crippen LogP contribution >= 0.6 is 15.9 Å². The van der Waals surface area contributed by atoms with Crippen molar-refractivity contribution in [2.24, 2.45) is 0 Å². The second-order valence-electron chi connectivity index (χ2n) is 3.66. The molecule has 0 radical (unpaired) electrons. The van der Waals surface area contributed by atoms with E-state index in [4.69, 9.17) is 9.47 Å². The van der Waals surface area contributed by atoms with E-state index in [1.54, 1.807) is 7.11 Å². The maximum atomic E-state index is 5.97. The molecule has 0 aliphatic rings. The van der Waals surface area contributed by atoms with E-state index >= 15 is 0 Å². The zero-order chi connectivity index (χ0) is 12.0. The highest BCUT2D eigenvalue weighted by Gasteiger charge is 2.10. The molecule has 0 spiro atoms. The number of hydrogen-bond donors (Lipinski definition) is 0. The second kappa shape index (κ2) is 6.79. The molecule has 0 N–H and O–H groups in total. The molecule has 1 rings (SSSR count). The molecular formula is C13H19BrO2. The van der Waals surface area contributed by atoms with Gasteiger partial charge in [0.1, 0.15) is 11.5 Å². The number of ether oxygens (including phenoxy) is 2. The van der Waals surface area contributed by atoms with Gasteiger partial charge in [0.2, 0.25) is 0 Å². The molecule has 0 unspecified atom stereocenters. The summed E-state index contributed by atoms with van der Waals surface area (Å²) in [5.41, 5.74) is 1.16. The first-order valence-electron chi connectivity index (χ1n) is 5.64. The Bertz CT molecular complexity index is 322. The molecule has 0 aliphatic carbocycles. The fourth-order valence-electron chi connectivity index (χ4n) is 1.52. The predicted octanol–water partition coefficient (Wildman–Crippen LogP) is 4.16. The van der Waals surface area contributed by atoms with Gasteiger partial charge in [0, 0.05) is 17.0 Å². The molecule has 1 aromatic carbocycles. The van der Waals surface area contributed by atoms with Crippen LogP contribution in [0.2, 0.25) is 0 Å². The molecule has 0 saturated heterocycles. The Morgan fingerprint density at radius 2 is 1.94 bits per heavy atom. The average Bonchev–Trinajstić information content (AvgIpc) is 2.35. The van der Waals surface area contributed by atoms with Gasteiger partial charge in [-0.1, -0.05) is 35.8 Å². The summed E-state index contributed by atoms with van der Waals surface area (Å²) in [5, 5.41) is 0.798. The number of rotatable bonds is 6. The lowest BCUT2D eigenvalue weighted by Gasteiger charge is -2.18. The van der Waals surface area contributed by atoms with Crippen LogP contribution in [0.3, 0.4) is 0 Å². The van der Waals surface area contributed by atoms with Crippen molar-refractivity contribution in [3.63, 3.8) is 0 Å². The normalized spacial score (nSPS) is 10.6. The van der Waals surface area contributed by atoms with E-state index in [0.717, 1.165) is 35.2 Å². The number of halogens is 1. The van der Waals surface area contributed by atoms with Crippen molar-refractivity contribution >= 4 is 15.9 Å². The summed E-state index contributed by atoms with van der Waals surface area (Å²) >= 11 is 3.47. The summed E-state index contributed by atoms with van der Waals surface area (Å²) in [5.74, 6) is 1.76. The molecule has 0 heterocycles. The highest BCUT2D eigenvalue weighted by atomic mass is 79.9. The van der Waals surface area contributed by atoms with Crippen molar-refractivity contribution in [1.82, 2.24) is 0 Å². The van der Waals surface area contributed by atoms with E-state index in [-0.39, 0.29) is 6.10 Å². The van der Waals surface area contributed by atoms with Crippen LogP contribution in [-0.2, 0) is 5.33 Å². The minimum absolute atomic E-state index is 0.282. The van der Waals surface area contributed by atoms with Crippen molar-refractivity contribution < 1.29 is 9.47 Å².